The molecule has 0 saturated carbocycles. The van der Waals surface area contributed by atoms with Crippen molar-refractivity contribution in [2.24, 2.45) is 0 Å². The van der Waals surface area contributed by atoms with Crippen LogP contribution in [0.1, 0.15) is 13.3 Å². The highest BCUT2D eigenvalue weighted by atomic mass is 15.5. The Balaban J connectivity index is 2.02. The average molecular weight is 142 g/mol. The first-order chi connectivity index (χ1) is 4.93. The smallest absolute Gasteiger partial charge is 0.0275 e. The van der Waals surface area contributed by atoms with Crippen LogP contribution in [0.2, 0.25) is 0 Å². The maximum Gasteiger partial charge on any atom is 0.0275 e. The zero-order valence-corrected chi connectivity index (χ0v) is 6.64. The number of nitrogens with zero attached hydrogens (tertiary/aromatic N) is 2. The van der Waals surface area contributed by atoms with Crippen LogP contribution in [0, 0.1) is 0 Å². The highest BCUT2D eigenvalue weighted by Crippen LogP contribution is 1.87. The van der Waals surface area contributed by atoms with Crippen LogP contribution in [0.15, 0.2) is 0 Å². The van der Waals surface area contributed by atoms with Crippen molar-refractivity contribution in [3.05, 3.63) is 0 Å². The van der Waals surface area contributed by atoms with Gasteiger partial charge in [-0.2, -0.15) is 0 Å². The van der Waals surface area contributed by atoms with E-state index >= 15 is 0 Å². The van der Waals surface area contributed by atoms with Crippen LogP contribution in [0.25, 0.3) is 0 Å². The minimum atomic E-state index is 0.997. The fourth-order valence-electron chi connectivity index (χ4n) is 1.03. The summed E-state index contributed by atoms with van der Waals surface area (Å²) >= 11 is 0. The summed E-state index contributed by atoms with van der Waals surface area (Å²) in [6.07, 6.45) is 1.20. The van der Waals surface area contributed by atoms with Crippen molar-refractivity contribution < 1.29 is 0 Å². The largest absolute Gasteiger partial charge is 0.255 e. The topological polar surface area (TPSA) is 29.4 Å². The molecule has 1 saturated heterocycles. The Kier molecular flexibility index (Phi) is 3.72. The maximum atomic E-state index is 4.25. The lowest BCUT2D eigenvalue weighted by molar-refractivity contribution is 0.163. The molecule has 1 N–H and O–H groups in total. The third-order valence-corrected chi connectivity index (χ3v) is 1.64. The third kappa shape index (κ3) is 2.64. The fraction of sp³-hybridized carbons (Fsp3) is 1.00. The SMILES string of the molecule is CCCNN1CC[N]CC1. The van der Waals surface area contributed by atoms with Gasteiger partial charge in [-0.3, -0.25) is 5.43 Å². The summed E-state index contributed by atoms with van der Waals surface area (Å²) in [5, 5.41) is 6.51. The molecule has 1 rings (SSSR count). The maximum absolute atomic E-state index is 4.25. The summed E-state index contributed by atoms with van der Waals surface area (Å²) in [7, 11) is 0. The minimum absolute atomic E-state index is 0.997. The van der Waals surface area contributed by atoms with Crippen LogP contribution in [-0.2, 0) is 0 Å². The summed E-state index contributed by atoms with van der Waals surface area (Å²) in [6.45, 7) is 7.44. The van der Waals surface area contributed by atoms with Crippen molar-refractivity contribution in [1.82, 2.24) is 15.8 Å². The number of hydrogen-bond acceptors (Lipinski definition) is 2. The molecule has 1 radical (unpaired) electrons. The van der Waals surface area contributed by atoms with Gasteiger partial charge >= 0.3 is 0 Å². The highest BCUT2D eigenvalue weighted by molar-refractivity contribution is 4.62. The van der Waals surface area contributed by atoms with Gasteiger partial charge < -0.3 is 0 Å². The first-order valence-corrected chi connectivity index (χ1v) is 4.05. The van der Waals surface area contributed by atoms with E-state index in [1.807, 2.05) is 0 Å². The van der Waals surface area contributed by atoms with E-state index in [0.29, 0.717) is 0 Å². The van der Waals surface area contributed by atoms with Crippen molar-refractivity contribution in [2.45, 2.75) is 13.3 Å². The highest BCUT2D eigenvalue weighted by Gasteiger charge is 2.07. The Morgan fingerprint density at radius 1 is 1.40 bits per heavy atom. The van der Waals surface area contributed by atoms with Crippen LogP contribution in [0.3, 0.4) is 0 Å². The first-order valence-electron chi connectivity index (χ1n) is 4.05. The lowest BCUT2D eigenvalue weighted by atomic mass is 10.4. The van der Waals surface area contributed by atoms with Gasteiger partial charge in [-0.15, -0.1) is 0 Å². The molecule has 0 aliphatic carbocycles. The molecule has 0 aromatic carbocycles. The molecule has 0 unspecified atom stereocenters. The Labute approximate surface area is 62.8 Å². The van der Waals surface area contributed by atoms with Gasteiger partial charge in [0.15, 0.2) is 0 Å². The lowest BCUT2D eigenvalue weighted by Crippen LogP contribution is -2.48. The van der Waals surface area contributed by atoms with E-state index in [2.05, 4.69) is 22.7 Å². The molecule has 0 bridgehead atoms. The van der Waals surface area contributed by atoms with E-state index in [1.54, 1.807) is 0 Å². The predicted octanol–water partition coefficient (Wildman–Crippen LogP) is -0.179. The van der Waals surface area contributed by atoms with Crippen LogP contribution < -0.4 is 10.7 Å². The first kappa shape index (κ1) is 7.98. The molecule has 10 heavy (non-hydrogen) atoms. The van der Waals surface area contributed by atoms with Crippen LogP contribution >= 0.6 is 0 Å². The molecular weight excluding hydrogens is 126 g/mol. The van der Waals surface area contributed by atoms with Crippen molar-refractivity contribution in [3.63, 3.8) is 0 Å². The monoisotopic (exact) mass is 142 g/mol. The van der Waals surface area contributed by atoms with E-state index < -0.39 is 0 Å². The van der Waals surface area contributed by atoms with Gasteiger partial charge in [-0.05, 0) is 6.42 Å². The number of hydrazine groups is 1. The molecule has 3 heteroatoms. The molecule has 1 fully saturated rings. The van der Waals surface area contributed by atoms with E-state index in [-0.39, 0.29) is 0 Å². The van der Waals surface area contributed by atoms with Crippen molar-refractivity contribution in [2.75, 3.05) is 32.7 Å². The Bertz CT molecular complexity index is 78.9. The van der Waals surface area contributed by atoms with Gasteiger partial charge in [0.2, 0.25) is 0 Å². The van der Waals surface area contributed by atoms with Crippen LogP contribution in [0.5, 0.6) is 0 Å². The van der Waals surface area contributed by atoms with Crippen LogP contribution in [-0.4, -0.2) is 37.7 Å². The van der Waals surface area contributed by atoms with Gasteiger partial charge in [0.1, 0.15) is 0 Å². The Morgan fingerprint density at radius 2 is 2.10 bits per heavy atom. The molecule has 0 amide bonds. The number of piperazine rings is 1. The molecule has 59 valence electrons. The molecular formula is C7H16N3. The van der Waals surface area contributed by atoms with Gasteiger partial charge in [-0.25, -0.2) is 10.3 Å². The Morgan fingerprint density at radius 3 is 2.70 bits per heavy atom. The quantitative estimate of drug-likeness (QED) is 0.592. The zero-order chi connectivity index (χ0) is 7.23. The molecule has 0 spiro atoms. The van der Waals surface area contributed by atoms with Crippen LogP contribution in [0.4, 0.5) is 0 Å². The lowest BCUT2D eigenvalue weighted by Gasteiger charge is -2.26. The normalized spacial score (nSPS) is 21.3. The second-order valence-electron chi connectivity index (χ2n) is 2.57. The molecule has 1 heterocycles. The summed E-state index contributed by atoms with van der Waals surface area (Å²) < 4.78 is 0. The summed E-state index contributed by atoms with van der Waals surface area (Å²) in [5.41, 5.74) is 3.34. The van der Waals surface area contributed by atoms with E-state index in [9.17, 15) is 0 Å². The van der Waals surface area contributed by atoms with E-state index in [4.69, 9.17) is 0 Å². The van der Waals surface area contributed by atoms with Gasteiger partial charge in [0.25, 0.3) is 0 Å². The van der Waals surface area contributed by atoms with Crippen molar-refractivity contribution in [3.8, 4) is 0 Å². The zero-order valence-electron chi connectivity index (χ0n) is 6.64. The summed E-state index contributed by atoms with van der Waals surface area (Å²) in [4.78, 5) is 0. The van der Waals surface area contributed by atoms with Crippen molar-refractivity contribution in [1.29, 1.82) is 0 Å². The molecule has 0 aromatic rings. The summed E-state index contributed by atoms with van der Waals surface area (Å²) in [5.74, 6) is 0. The molecule has 3 nitrogen and oxygen atoms in total. The third-order valence-electron chi connectivity index (χ3n) is 1.64. The number of nitrogens with one attached hydrogen (secondary N) is 1. The van der Waals surface area contributed by atoms with Gasteiger partial charge in [0, 0.05) is 32.7 Å². The number of rotatable bonds is 3. The molecule has 0 aromatic heterocycles. The van der Waals surface area contributed by atoms with Gasteiger partial charge in [-0.1, -0.05) is 6.92 Å². The minimum Gasteiger partial charge on any atom is -0.255 e. The number of hydrogen-bond donors (Lipinski definition) is 1. The second kappa shape index (κ2) is 4.66. The standard InChI is InChI=1S/C7H16N3/c1-2-3-9-10-6-4-8-5-7-10/h9H,2-7H2,1H3. The van der Waals surface area contributed by atoms with Crippen molar-refractivity contribution >= 4 is 0 Å². The second-order valence-corrected chi connectivity index (χ2v) is 2.57. The van der Waals surface area contributed by atoms with E-state index in [0.717, 1.165) is 32.7 Å². The summed E-state index contributed by atoms with van der Waals surface area (Å²) in [6, 6.07) is 0. The van der Waals surface area contributed by atoms with Gasteiger partial charge in [0.05, 0.1) is 0 Å². The average Bonchev–Trinajstić information content (AvgIpc) is 2.03. The Hall–Kier alpha value is -0.120. The van der Waals surface area contributed by atoms with E-state index in [1.165, 1.54) is 6.42 Å². The molecule has 1 aliphatic heterocycles. The fourth-order valence-corrected chi connectivity index (χ4v) is 1.03. The molecule has 0 atom stereocenters. The molecule has 1 aliphatic rings. The predicted molar refractivity (Wildman–Crippen MR) is 41.7 cm³/mol.